The number of carboxylic acid groups (broad SMARTS) is 1. The molecule has 1 fully saturated rings. The molecule has 5 nitrogen and oxygen atoms in total. The third-order valence-corrected chi connectivity index (χ3v) is 3.59. The summed E-state index contributed by atoms with van der Waals surface area (Å²) >= 11 is 0. The molecule has 0 aromatic carbocycles. The number of aliphatic carboxylic acids is 1. The number of hydrogen-bond donors (Lipinski definition) is 1. The Balaban J connectivity index is 2.19. The second-order valence-corrected chi connectivity index (χ2v) is 4.91. The molecule has 0 radical (unpaired) electrons. The standard InChI is InChI=1S/C13H19N3O2/c1-2-5-13(11(17)18)6-3-9-16(10-13)12-14-7-4-8-15-12/h4,7-8H,2-3,5-6,9-10H2,1H3,(H,17,18). The minimum absolute atomic E-state index is 0.514. The van der Waals surface area contributed by atoms with Crippen LogP contribution in [0.4, 0.5) is 5.95 Å². The highest BCUT2D eigenvalue weighted by molar-refractivity contribution is 5.75. The summed E-state index contributed by atoms with van der Waals surface area (Å²) in [5, 5.41) is 9.52. The van der Waals surface area contributed by atoms with Crippen molar-refractivity contribution in [2.45, 2.75) is 32.6 Å². The molecule has 0 amide bonds. The molecular weight excluding hydrogens is 230 g/mol. The van der Waals surface area contributed by atoms with Crippen LogP contribution >= 0.6 is 0 Å². The lowest BCUT2D eigenvalue weighted by Crippen LogP contribution is -2.48. The van der Waals surface area contributed by atoms with Crippen molar-refractivity contribution in [2.75, 3.05) is 18.0 Å². The molecule has 98 valence electrons. The van der Waals surface area contributed by atoms with Gasteiger partial charge in [-0.1, -0.05) is 13.3 Å². The first-order valence-corrected chi connectivity index (χ1v) is 6.43. The van der Waals surface area contributed by atoms with Gasteiger partial charge in [-0.3, -0.25) is 4.79 Å². The predicted molar refractivity (Wildman–Crippen MR) is 68.5 cm³/mol. The molecule has 0 saturated carbocycles. The zero-order valence-electron chi connectivity index (χ0n) is 10.7. The summed E-state index contributed by atoms with van der Waals surface area (Å²) in [6, 6.07) is 1.77. The van der Waals surface area contributed by atoms with Crippen molar-refractivity contribution in [1.29, 1.82) is 0 Å². The number of piperidine rings is 1. The van der Waals surface area contributed by atoms with Gasteiger partial charge in [0.25, 0.3) is 0 Å². The van der Waals surface area contributed by atoms with Crippen molar-refractivity contribution >= 4 is 11.9 Å². The van der Waals surface area contributed by atoms with Crippen LogP contribution < -0.4 is 4.90 Å². The van der Waals surface area contributed by atoms with Crippen LogP contribution in [0.15, 0.2) is 18.5 Å². The maximum Gasteiger partial charge on any atom is 0.311 e. The van der Waals surface area contributed by atoms with Crippen LogP contribution in [0.25, 0.3) is 0 Å². The first-order valence-electron chi connectivity index (χ1n) is 6.43. The molecule has 1 aliphatic heterocycles. The first-order chi connectivity index (χ1) is 8.68. The summed E-state index contributed by atoms with van der Waals surface area (Å²) in [4.78, 5) is 22.0. The molecular formula is C13H19N3O2. The Labute approximate surface area is 107 Å². The van der Waals surface area contributed by atoms with E-state index in [1.54, 1.807) is 18.5 Å². The number of anilines is 1. The van der Waals surface area contributed by atoms with Gasteiger partial charge in [0, 0.05) is 25.5 Å². The van der Waals surface area contributed by atoms with E-state index in [9.17, 15) is 9.90 Å². The monoisotopic (exact) mass is 249 g/mol. The second-order valence-electron chi connectivity index (χ2n) is 4.91. The normalized spacial score (nSPS) is 23.9. The van der Waals surface area contributed by atoms with E-state index in [1.807, 2.05) is 11.8 Å². The van der Waals surface area contributed by atoms with Crippen molar-refractivity contribution in [3.63, 3.8) is 0 Å². The van der Waals surface area contributed by atoms with Crippen molar-refractivity contribution in [3.8, 4) is 0 Å². The van der Waals surface area contributed by atoms with E-state index in [-0.39, 0.29) is 0 Å². The SMILES string of the molecule is CCCC1(C(=O)O)CCCN(c2ncccn2)C1. The van der Waals surface area contributed by atoms with Gasteiger partial charge < -0.3 is 10.0 Å². The molecule has 2 heterocycles. The molecule has 18 heavy (non-hydrogen) atoms. The Morgan fingerprint density at radius 3 is 2.83 bits per heavy atom. The Morgan fingerprint density at radius 1 is 1.50 bits per heavy atom. The Hall–Kier alpha value is -1.65. The molecule has 0 aliphatic carbocycles. The quantitative estimate of drug-likeness (QED) is 0.883. The average Bonchev–Trinajstić information content (AvgIpc) is 2.40. The van der Waals surface area contributed by atoms with Gasteiger partial charge in [0.2, 0.25) is 5.95 Å². The fraction of sp³-hybridized carbons (Fsp3) is 0.615. The van der Waals surface area contributed by atoms with Crippen molar-refractivity contribution < 1.29 is 9.90 Å². The Morgan fingerprint density at radius 2 is 2.22 bits per heavy atom. The van der Waals surface area contributed by atoms with E-state index in [2.05, 4.69) is 9.97 Å². The van der Waals surface area contributed by atoms with E-state index in [1.165, 1.54) is 0 Å². The Kier molecular flexibility index (Phi) is 3.79. The van der Waals surface area contributed by atoms with E-state index in [0.717, 1.165) is 25.8 Å². The summed E-state index contributed by atoms with van der Waals surface area (Å²) < 4.78 is 0. The van der Waals surface area contributed by atoms with Gasteiger partial charge in [0.15, 0.2) is 0 Å². The maximum absolute atomic E-state index is 11.6. The van der Waals surface area contributed by atoms with Gasteiger partial charge in [-0.15, -0.1) is 0 Å². The molecule has 1 aromatic heterocycles. The highest BCUT2D eigenvalue weighted by Crippen LogP contribution is 2.35. The number of aromatic nitrogens is 2. The topological polar surface area (TPSA) is 66.3 Å². The third kappa shape index (κ3) is 2.44. The molecule has 2 rings (SSSR count). The van der Waals surface area contributed by atoms with Gasteiger partial charge in [-0.2, -0.15) is 0 Å². The number of carboxylic acids is 1. The molecule has 0 spiro atoms. The number of nitrogens with zero attached hydrogens (tertiary/aromatic N) is 3. The number of hydrogen-bond acceptors (Lipinski definition) is 4. The summed E-state index contributed by atoms with van der Waals surface area (Å²) in [5.74, 6) is -0.0519. The third-order valence-electron chi connectivity index (χ3n) is 3.59. The smallest absolute Gasteiger partial charge is 0.311 e. The Bertz CT molecular complexity index is 406. The lowest BCUT2D eigenvalue weighted by Gasteiger charge is -2.39. The minimum Gasteiger partial charge on any atom is -0.481 e. The van der Waals surface area contributed by atoms with Crippen LogP contribution in [0.2, 0.25) is 0 Å². The molecule has 1 atom stereocenters. The van der Waals surface area contributed by atoms with E-state index < -0.39 is 11.4 Å². The lowest BCUT2D eigenvalue weighted by molar-refractivity contribution is -0.150. The van der Waals surface area contributed by atoms with Gasteiger partial charge >= 0.3 is 5.97 Å². The maximum atomic E-state index is 11.6. The molecule has 5 heteroatoms. The van der Waals surface area contributed by atoms with Crippen LogP contribution in [-0.2, 0) is 4.79 Å². The number of rotatable bonds is 4. The van der Waals surface area contributed by atoms with Gasteiger partial charge in [-0.05, 0) is 25.3 Å². The highest BCUT2D eigenvalue weighted by atomic mass is 16.4. The summed E-state index contributed by atoms with van der Waals surface area (Å²) in [5.41, 5.74) is -0.633. The van der Waals surface area contributed by atoms with Gasteiger partial charge in [0.1, 0.15) is 0 Å². The highest BCUT2D eigenvalue weighted by Gasteiger charge is 2.42. The summed E-state index contributed by atoms with van der Waals surface area (Å²) in [6.07, 6.45) is 6.62. The van der Waals surface area contributed by atoms with Crippen LogP contribution in [0, 0.1) is 5.41 Å². The minimum atomic E-state index is -0.690. The molecule has 1 N–H and O–H groups in total. The average molecular weight is 249 g/mol. The van der Waals surface area contributed by atoms with Crippen LogP contribution in [0.5, 0.6) is 0 Å². The zero-order valence-corrected chi connectivity index (χ0v) is 10.7. The zero-order chi connectivity index (χ0) is 13.0. The predicted octanol–water partition coefficient (Wildman–Crippen LogP) is 1.95. The van der Waals surface area contributed by atoms with Gasteiger partial charge in [0.05, 0.1) is 5.41 Å². The van der Waals surface area contributed by atoms with E-state index >= 15 is 0 Å². The van der Waals surface area contributed by atoms with Crippen molar-refractivity contribution in [3.05, 3.63) is 18.5 Å². The van der Waals surface area contributed by atoms with Crippen LogP contribution in [-0.4, -0.2) is 34.1 Å². The number of carbonyl (C=O) groups is 1. The summed E-state index contributed by atoms with van der Waals surface area (Å²) in [6.45, 7) is 3.38. The molecule has 1 saturated heterocycles. The molecule has 1 aliphatic rings. The molecule has 0 bridgehead atoms. The summed E-state index contributed by atoms with van der Waals surface area (Å²) in [7, 11) is 0. The fourth-order valence-electron chi connectivity index (χ4n) is 2.72. The molecule has 1 unspecified atom stereocenters. The van der Waals surface area contributed by atoms with Crippen molar-refractivity contribution in [2.24, 2.45) is 5.41 Å². The molecule has 1 aromatic rings. The van der Waals surface area contributed by atoms with Gasteiger partial charge in [-0.25, -0.2) is 9.97 Å². The fourth-order valence-corrected chi connectivity index (χ4v) is 2.72. The van der Waals surface area contributed by atoms with Crippen molar-refractivity contribution in [1.82, 2.24) is 9.97 Å². The van der Waals surface area contributed by atoms with Crippen LogP contribution in [0.3, 0.4) is 0 Å². The van der Waals surface area contributed by atoms with E-state index in [4.69, 9.17) is 0 Å². The lowest BCUT2D eigenvalue weighted by atomic mass is 9.76. The van der Waals surface area contributed by atoms with Crippen LogP contribution in [0.1, 0.15) is 32.6 Å². The first kappa shape index (κ1) is 12.8. The second kappa shape index (κ2) is 5.33. The largest absolute Gasteiger partial charge is 0.481 e. The van der Waals surface area contributed by atoms with E-state index in [0.29, 0.717) is 18.9 Å².